The van der Waals surface area contributed by atoms with Crippen LogP contribution in [-0.4, -0.2) is 125 Å². The summed E-state index contributed by atoms with van der Waals surface area (Å²) in [5, 5.41) is 25.4. The Hall–Kier alpha value is 1.57. The van der Waals surface area contributed by atoms with Crippen LogP contribution in [0.5, 0.6) is 0 Å². The molecule has 222 valence electrons. The van der Waals surface area contributed by atoms with E-state index in [0.29, 0.717) is 12.8 Å². The number of carbonyl (C=O) groups is 2. The Balaban J connectivity index is -0.000000172. The number of carbonyl (C=O) groups excluding carboxylic acids is 2. The van der Waals surface area contributed by atoms with Crippen molar-refractivity contribution in [3.8, 4) is 0 Å². The molecule has 0 amide bonds. The summed E-state index contributed by atoms with van der Waals surface area (Å²) in [5.41, 5.74) is 0. The van der Waals surface area contributed by atoms with Gasteiger partial charge in [-0.3, -0.25) is 14.1 Å². The fraction of sp³-hybridized carbons (Fsp3) is 0.909. The summed E-state index contributed by atoms with van der Waals surface area (Å²) >= 11 is 0. The number of ether oxygens (including phenoxy) is 1. The van der Waals surface area contributed by atoms with E-state index in [2.05, 4.69) is 19.0 Å². The third kappa shape index (κ3) is 72.7. The standard InChI is InChI=1S/C22H42O3.BH3O3.3In.H3NO3S.9H/c1-3-5-7-9-11-13-15-17-19-21(23)25-22(24)20-18-16-14-12-10-8-6-4-2;2-1(3)4;;;;1-5(2,3)4;;;;;;;;;/h3-20H2,1-2H3;2-4H;;;;(H3,1,2,3,4);;;;;;;;;. The van der Waals surface area contributed by atoms with Crippen molar-refractivity contribution in [1.82, 2.24) is 0 Å². The summed E-state index contributed by atoms with van der Waals surface area (Å²) < 4.78 is 30.1. The Morgan fingerprint density at radius 1 is 0.622 bits per heavy atom. The van der Waals surface area contributed by atoms with Crippen molar-refractivity contribution in [1.29, 1.82) is 0 Å². The zero-order valence-corrected chi connectivity index (χ0v) is 21.9. The van der Waals surface area contributed by atoms with Gasteiger partial charge in [-0.2, -0.15) is 8.42 Å². The summed E-state index contributed by atoms with van der Waals surface area (Å²) in [7, 11) is -6.33. The molecule has 0 fully saturated rings. The van der Waals surface area contributed by atoms with Gasteiger partial charge in [-0.05, 0) is 12.8 Å². The average molecular weight is 867 g/mol. The van der Waals surface area contributed by atoms with E-state index in [9.17, 15) is 9.59 Å². The summed E-state index contributed by atoms with van der Waals surface area (Å²) in [5.74, 6) is -0.675. The maximum absolute atomic E-state index is 11.6. The van der Waals surface area contributed by atoms with Crippen molar-refractivity contribution in [2.24, 2.45) is 5.14 Å². The first kappa shape index (κ1) is 51.3. The Bertz CT molecular complexity index is 535. The number of unbranched alkanes of at least 4 members (excludes halogenated alkanes) is 14. The molecule has 10 nitrogen and oxygen atoms in total. The van der Waals surface area contributed by atoms with Crippen LogP contribution in [0, 0.1) is 0 Å². The van der Waals surface area contributed by atoms with Crippen molar-refractivity contribution in [3.63, 3.8) is 0 Å². The van der Waals surface area contributed by atoms with E-state index in [4.69, 9.17) is 32.8 Å². The first-order valence-electron chi connectivity index (χ1n) is 12.5. The monoisotopic (exact) mass is 867 g/mol. The first-order valence-corrected chi connectivity index (χ1v) is 14.0. The van der Waals surface area contributed by atoms with Gasteiger partial charge < -0.3 is 19.8 Å². The molecule has 6 N–H and O–H groups in total. The number of hydrogen-bond acceptors (Lipinski definition) is 8. The SMILES string of the molecule is CCCCCCCCCCC(=O)OC(=O)CCCCCCCCCC.NS(=O)(=O)O.OB(O)O.[InH3].[InH3].[InH3]. The van der Waals surface area contributed by atoms with Crippen LogP contribution in [0.2, 0.25) is 0 Å². The minimum absolute atomic E-state index is 0. The molecule has 0 aromatic heterocycles. The fourth-order valence-corrected chi connectivity index (χ4v) is 3.04. The van der Waals surface area contributed by atoms with Gasteiger partial charge in [-0.1, -0.05) is 104 Å². The second-order valence-corrected chi connectivity index (χ2v) is 9.19. The molecule has 0 bridgehead atoms. The van der Waals surface area contributed by atoms with Crippen LogP contribution in [0.25, 0.3) is 0 Å². The summed E-state index contributed by atoms with van der Waals surface area (Å²) in [4.78, 5) is 23.2. The molecule has 0 heterocycles. The van der Waals surface area contributed by atoms with Gasteiger partial charge in [-0.15, -0.1) is 0 Å². The molecule has 0 aromatic carbocycles. The van der Waals surface area contributed by atoms with Crippen molar-refractivity contribution in [2.45, 2.75) is 129 Å². The second kappa shape index (κ2) is 39.7. The summed E-state index contributed by atoms with van der Waals surface area (Å²) in [6.45, 7) is 4.45. The van der Waals surface area contributed by atoms with Crippen molar-refractivity contribution in [2.75, 3.05) is 0 Å². The van der Waals surface area contributed by atoms with Crippen LogP contribution in [0.15, 0.2) is 0 Å². The quantitative estimate of drug-likeness (QED) is 0.0425. The predicted octanol–water partition coefficient (Wildman–Crippen LogP) is 0.262. The van der Waals surface area contributed by atoms with E-state index < -0.39 is 17.6 Å². The molecule has 0 aromatic rings. The van der Waals surface area contributed by atoms with Crippen molar-refractivity contribution < 1.29 is 42.4 Å². The molecular formula is C22H57BIn3NO9S. The second-order valence-electron chi connectivity index (χ2n) is 8.16. The van der Waals surface area contributed by atoms with E-state index in [1.54, 1.807) is 0 Å². The molecule has 0 rings (SSSR count). The fourth-order valence-electron chi connectivity index (χ4n) is 3.04. The number of hydrogen-bond donors (Lipinski definition) is 5. The maximum atomic E-state index is 11.6. The van der Waals surface area contributed by atoms with Crippen LogP contribution >= 0.6 is 0 Å². The van der Waals surface area contributed by atoms with E-state index >= 15 is 0 Å². The van der Waals surface area contributed by atoms with Gasteiger partial charge in [0.2, 0.25) is 0 Å². The van der Waals surface area contributed by atoms with Crippen LogP contribution in [-0.2, 0) is 24.6 Å². The molecule has 0 aliphatic carbocycles. The van der Waals surface area contributed by atoms with Crippen LogP contribution in [0.1, 0.15) is 129 Å². The van der Waals surface area contributed by atoms with Crippen LogP contribution in [0.4, 0.5) is 0 Å². The Morgan fingerprint density at radius 2 is 0.811 bits per heavy atom. The molecule has 15 heteroatoms. The summed E-state index contributed by atoms with van der Waals surface area (Å²) in [6.07, 6.45) is 19.9. The predicted molar refractivity (Wildman–Crippen MR) is 164 cm³/mol. The molecule has 0 spiro atoms. The Kier molecular flexibility index (Phi) is 55.1. The molecule has 0 radical (unpaired) electrons. The number of rotatable bonds is 18. The van der Waals surface area contributed by atoms with Gasteiger partial charge in [0.1, 0.15) is 0 Å². The first-order chi connectivity index (χ1) is 15.9. The van der Waals surface area contributed by atoms with Crippen molar-refractivity contribution in [3.05, 3.63) is 0 Å². The molecule has 37 heavy (non-hydrogen) atoms. The molecule has 0 aliphatic heterocycles. The topological polar surface area (TPSA) is 184 Å². The van der Waals surface area contributed by atoms with Gasteiger partial charge >= 0.3 is 107 Å². The zero-order valence-electron chi connectivity index (χ0n) is 21.1. The third-order valence-corrected chi connectivity index (χ3v) is 4.70. The zero-order chi connectivity index (χ0) is 26.7. The number of nitrogens with two attached hydrogens (primary N) is 1. The van der Waals surface area contributed by atoms with Gasteiger partial charge in [0.05, 0.1) is 0 Å². The molecular weight excluding hydrogens is 810 g/mol. The molecule has 0 saturated heterocycles. The Labute approximate surface area is 281 Å². The van der Waals surface area contributed by atoms with Gasteiger partial charge in [-0.25, -0.2) is 5.14 Å². The summed E-state index contributed by atoms with van der Waals surface area (Å²) in [6, 6.07) is 0. The number of esters is 2. The molecule has 0 atom stereocenters. The van der Waals surface area contributed by atoms with E-state index in [1.165, 1.54) is 77.0 Å². The van der Waals surface area contributed by atoms with E-state index in [1.807, 2.05) is 0 Å². The van der Waals surface area contributed by atoms with E-state index in [0.717, 1.165) is 25.7 Å². The average Bonchev–Trinajstić information content (AvgIpc) is 2.70. The normalized spacial score (nSPS) is 9.59. The van der Waals surface area contributed by atoms with Gasteiger partial charge in [0.25, 0.3) is 0 Å². The van der Waals surface area contributed by atoms with Gasteiger partial charge in [0.15, 0.2) is 0 Å². The van der Waals surface area contributed by atoms with Crippen LogP contribution < -0.4 is 5.14 Å². The van der Waals surface area contributed by atoms with Crippen molar-refractivity contribution >= 4 is 107 Å². The Morgan fingerprint density at radius 3 is 1.03 bits per heavy atom. The molecule has 0 saturated carbocycles. The van der Waals surface area contributed by atoms with Crippen LogP contribution in [0.3, 0.4) is 0 Å². The van der Waals surface area contributed by atoms with E-state index in [-0.39, 0.29) is 89.5 Å². The molecule has 0 unspecified atom stereocenters. The minimum atomic E-state index is -4.17. The van der Waals surface area contributed by atoms with Gasteiger partial charge in [0, 0.05) is 12.8 Å². The third-order valence-electron chi connectivity index (χ3n) is 4.70. The molecule has 0 aliphatic rings.